The average Bonchev–Trinajstić information content (AvgIpc) is 2.80. The fraction of sp³-hybridized carbons (Fsp3) is 0.769. The summed E-state index contributed by atoms with van der Waals surface area (Å²) < 4.78 is 7.39. The first-order valence-electron chi connectivity index (χ1n) is 7.40. The molecule has 1 aliphatic heterocycles. The van der Waals surface area contributed by atoms with Crippen LogP contribution in [0.4, 0.5) is 11.5 Å². The van der Waals surface area contributed by atoms with Crippen LogP contribution in [-0.2, 0) is 11.3 Å². The zero-order chi connectivity index (χ0) is 15.1. The van der Waals surface area contributed by atoms with Crippen molar-refractivity contribution >= 4 is 11.5 Å². The van der Waals surface area contributed by atoms with Crippen molar-refractivity contribution in [2.24, 2.45) is 11.7 Å². The van der Waals surface area contributed by atoms with E-state index in [1.807, 2.05) is 6.92 Å². The number of fused-ring (bicyclic) bond motifs is 1. The topological polar surface area (TPSA) is 108 Å². The molecule has 116 valence electrons. The van der Waals surface area contributed by atoms with Gasteiger partial charge in [-0.3, -0.25) is 10.1 Å². The van der Waals surface area contributed by atoms with Gasteiger partial charge < -0.3 is 15.8 Å². The number of rotatable bonds is 4. The lowest BCUT2D eigenvalue weighted by atomic mass is 9.68. The molecule has 0 spiro atoms. The molecule has 2 heterocycles. The minimum absolute atomic E-state index is 0.0308. The number of nitrogens with zero attached hydrogens (tertiary/aromatic N) is 3. The summed E-state index contributed by atoms with van der Waals surface area (Å²) in [7, 11) is 0. The first kappa shape index (κ1) is 14.3. The van der Waals surface area contributed by atoms with Crippen LogP contribution in [0, 0.1) is 23.0 Å². The van der Waals surface area contributed by atoms with Crippen molar-refractivity contribution < 1.29 is 9.66 Å². The number of nitrogens with two attached hydrogens (primary N) is 1. The molecule has 2 aliphatic rings. The first-order valence-corrected chi connectivity index (χ1v) is 7.40. The van der Waals surface area contributed by atoms with E-state index in [1.54, 1.807) is 11.6 Å². The van der Waals surface area contributed by atoms with Crippen LogP contribution in [0.1, 0.15) is 25.5 Å². The molecule has 4 unspecified atom stereocenters. The van der Waals surface area contributed by atoms with Crippen LogP contribution >= 0.6 is 0 Å². The highest BCUT2D eigenvalue weighted by Gasteiger charge is 2.51. The third-order valence-corrected chi connectivity index (χ3v) is 4.56. The largest absolute Gasteiger partial charge is 0.376 e. The number of aryl methyl sites for hydroxylation is 2. The Morgan fingerprint density at radius 1 is 1.62 bits per heavy atom. The number of ether oxygens (including phenoxy) is 1. The van der Waals surface area contributed by atoms with E-state index in [2.05, 4.69) is 10.4 Å². The summed E-state index contributed by atoms with van der Waals surface area (Å²) >= 11 is 0. The van der Waals surface area contributed by atoms with Gasteiger partial charge in [0, 0.05) is 25.1 Å². The summed E-state index contributed by atoms with van der Waals surface area (Å²) in [5.74, 6) is 0.794. The Morgan fingerprint density at radius 2 is 2.38 bits per heavy atom. The molecule has 0 amide bonds. The highest BCUT2D eigenvalue weighted by molar-refractivity contribution is 5.60. The van der Waals surface area contributed by atoms with Gasteiger partial charge in [-0.1, -0.05) is 0 Å². The summed E-state index contributed by atoms with van der Waals surface area (Å²) in [5, 5.41) is 18.7. The quantitative estimate of drug-likeness (QED) is 0.634. The normalized spacial score (nSPS) is 31.4. The summed E-state index contributed by atoms with van der Waals surface area (Å²) in [6.07, 6.45) is 2.15. The van der Waals surface area contributed by atoms with Crippen LogP contribution < -0.4 is 11.1 Å². The van der Waals surface area contributed by atoms with Crippen molar-refractivity contribution in [1.29, 1.82) is 0 Å². The molecule has 8 nitrogen and oxygen atoms in total. The van der Waals surface area contributed by atoms with Gasteiger partial charge in [-0.25, -0.2) is 4.68 Å². The van der Waals surface area contributed by atoms with Crippen LogP contribution in [0.5, 0.6) is 0 Å². The van der Waals surface area contributed by atoms with Crippen LogP contribution in [-0.4, -0.2) is 39.5 Å². The molecule has 1 aromatic heterocycles. The van der Waals surface area contributed by atoms with Crippen LogP contribution in [0.3, 0.4) is 0 Å². The maximum atomic E-state index is 11.3. The minimum Gasteiger partial charge on any atom is -0.376 e. The van der Waals surface area contributed by atoms with Gasteiger partial charge in [0.15, 0.2) is 0 Å². The SMILES string of the molecule is CCn1nc(C)c([N+](=O)[O-])c1NC1C(N)C2CCCOC21. The van der Waals surface area contributed by atoms with Crippen LogP contribution in [0.2, 0.25) is 0 Å². The summed E-state index contributed by atoms with van der Waals surface area (Å²) in [6.45, 7) is 4.85. The van der Waals surface area contributed by atoms with Gasteiger partial charge in [-0.2, -0.15) is 5.10 Å². The fourth-order valence-electron chi connectivity index (χ4n) is 3.45. The third kappa shape index (κ3) is 2.18. The predicted octanol–water partition coefficient (Wildman–Crippen LogP) is 1.04. The Kier molecular flexibility index (Phi) is 3.58. The van der Waals surface area contributed by atoms with E-state index in [0.29, 0.717) is 24.0 Å². The van der Waals surface area contributed by atoms with Crippen molar-refractivity contribution in [2.75, 3.05) is 11.9 Å². The summed E-state index contributed by atoms with van der Waals surface area (Å²) in [5.41, 5.74) is 6.65. The third-order valence-electron chi connectivity index (χ3n) is 4.56. The monoisotopic (exact) mass is 295 g/mol. The standard InChI is InChI=1S/C13H21N5O3/c1-3-17-13(11(18(19)20)7(2)16-17)15-10-9(14)8-5-4-6-21-12(8)10/h8-10,12,15H,3-6,14H2,1-2H3. The number of hydrogen-bond donors (Lipinski definition) is 2. The Labute approximate surface area is 122 Å². The van der Waals surface area contributed by atoms with Gasteiger partial charge in [-0.15, -0.1) is 0 Å². The molecule has 8 heteroatoms. The van der Waals surface area contributed by atoms with Gasteiger partial charge in [0.2, 0.25) is 5.82 Å². The van der Waals surface area contributed by atoms with E-state index in [9.17, 15) is 10.1 Å². The van der Waals surface area contributed by atoms with Gasteiger partial charge >= 0.3 is 5.69 Å². The Morgan fingerprint density at radius 3 is 3.05 bits per heavy atom. The maximum Gasteiger partial charge on any atom is 0.333 e. The molecule has 0 radical (unpaired) electrons. The van der Waals surface area contributed by atoms with E-state index in [4.69, 9.17) is 10.5 Å². The molecule has 0 bridgehead atoms. The molecular weight excluding hydrogens is 274 g/mol. The van der Waals surface area contributed by atoms with E-state index in [1.165, 1.54) is 0 Å². The Hall–Kier alpha value is -1.67. The second-order valence-corrected chi connectivity index (χ2v) is 5.74. The van der Waals surface area contributed by atoms with Crippen molar-refractivity contribution in [3.8, 4) is 0 Å². The van der Waals surface area contributed by atoms with Crippen molar-refractivity contribution in [1.82, 2.24) is 9.78 Å². The lowest BCUT2D eigenvalue weighted by Crippen LogP contribution is -2.69. The zero-order valence-corrected chi connectivity index (χ0v) is 12.3. The molecule has 1 saturated carbocycles. The Bertz CT molecular complexity index is 558. The highest BCUT2D eigenvalue weighted by Crippen LogP contribution is 2.40. The predicted molar refractivity (Wildman–Crippen MR) is 77.1 cm³/mol. The lowest BCUT2D eigenvalue weighted by Gasteiger charge is -2.52. The van der Waals surface area contributed by atoms with Crippen LogP contribution in [0.15, 0.2) is 0 Å². The number of nitrogens with one attached hydrogen (secondary N) is 1. The van der Waals surface area contributed by atoms with Crippen molar-refractivity contribution in [3.63, 3.8) is 0 Å². The number of nitro groups is 1. The van der Waals surface area contributed by atoms with Gasteiger partial charge in [0.05, 0.1) is 17.1 Å². The van der Waals surface area contributed by atoms with Crippen LogP contribution in [0.25, 0.3) is 0 Å². The van der Waals surface area contributed by atoms with Gasteiger partial charge in [0.25, 0.3) is 0 Å². The molecule has 3 N–H and O–H groups in total. The molecule has 1 aromatic rings. The van der Waals surface area contributed by atoms with E-state index >= 15 is 0 Å². The average molecular weight is 295 g/mol. The summed E-state index contributed by atoms with van der Waals surface area (Å²) in [4.78, 5) is 10.9. The van der Waals surface area contributed by atoms with E-state index < -0.39 is 0 Å². The highest BCUT2D eigenvalue weighted by atomic mass is 16.6. The molecule has 21 heavy (non-hydrogen) atoms. The molecule has 3 rings (SSSR count). The van der Waals surface area contributed by atoms with Crippen molar-refractivity contribution in [2.45, 2.75) is 51.4 Å². The second-order valence-electron chi connectivity index (χ2n) is 5.74. The second kappa shape index (κ2) is 5.27. The maximum absolute atomic E-state index is 11.3. The first-order chi connectivity index (χ1) is 10.0. The number of aromatic nitrogens is 2. The van der Waals surface area contributed by atoms with E-state index in [0.717, 1.165) is 19.4 Å². The molecule has 2 fully saturated rings. The summed E-state index contributed by atoms with van der Waals surface area (Å²) in [6, 6.07) is -0.120. The number of anilines is 1. The molecule has 1 aliphatic carbocycles. The Balaban J connectivity index is 1.86. The van der Waals surface area contributed by atoms with E-state index in [-0.39, 0.29) is 28.8 Å². The van der Waals surface area contributed by atoms with Crippen molar-refractivity contribution in [3.05, 3.63) is 15.8 Å². The molecule has 4 atom stereocenters. The molecular formula is C13H21N5O3. The molecule has 1 saturated heterocycles. The lowest BCUT2D eigenvalue weighted by molar-refractivity contribution is -0.384. The van der Waals surface area contributed by atoms with Gasteiger partial charge in [0.1, 0.15) is 5.69 Å². The smallest absolute Gasteiger partial charge is 0.333 e. The zero-order valence-electron chi connectivity index (χ0n) is 12.3. The molecule has 0 aromatic carbocycles. The number of hydrogen-bond acceptors (Lipinski definition) is 6. The van der Waals surface area contributed by atoms with Gasteiger partial charge in [-0.05, 0) is 26.7 Å². The fourth-order valence-corrected chi connectivity index (χ4v) is 3.45. The minimum atomic E-state index is -0.389.